The molecule has 2 bridgehead atoms. The molecule has 4 aromatic heterocycles. The van der Waals surface area contributed by atoms with Crippen LogP contribution in [0.1, 0.15) is 49.8 Å². The molecular weight excluding hydrogens is 444 g/mol. The molecule has 180 valence electrons. The molecule has 4 aromatic rings. The maximum absolute atomic E-state index is 12.3. The molecule has 0 aromatic carbocycles. The van der Waals surface area contributed by atoms with Gasteiger partial charge in [-0.15, -0.1) is 0 Å². The number of aromatic nitrogens is 6. The number of aromatic amines is 1. The summed E-state index contributed by atoms with van der Waals surface area (Å²) in [6, 6.07) is 4.20. The summed E-state index contributed by atoms with van der Waals surface area (Å²) in [5.74, 6) is 1.37. The smallest absolute Gasteiger partial charge is 0.248 e. The van der Waals surface area contributed by atoms with Gasteiger partial charge in [0.1, 0.15) is 18.1 Å². The van der Waals surface area contributed by atoms with Crippen LogP contribution in [0, 0.1) is 0 Å². The number of nitrogen functional groups attached to an aromatic ring is 1. The minimum Gasteiger partial charge on any atom is -0.387 e. The Morgan fingerprint density at radius 1 is 1.20 bits per heavy atom. The molecule has 4 N–H and O–H groups in total. The van der Waals surface area contributed by atoms with Crippen LogP contribution in [0.5, 0.6) is 0 Å². The highest BCUT2D eigenvalue weighted by Crippen LogP contribution is 2.44. The second-order valence-corrected chi connectivity index (χ2v) is 9.39. The molecule has 10 nitrogen and oxygen atoms in total. The van der Waals surface area contributed by atoms with E-state index in [1.807, 2.05) is 17.0 Å². The van der Waals surface area contributed by atoms with Crippen LogP contribution < -0.4 is 5.73 Å². The van der Waals surface area contributed by atoms with Gasteiger partial charge < -0.3 is 20.7 Å². The van der Waals surface area contributed by atoms with Gasteiger partial charge in [-0.1, -0.05) is 13.0 Å². The van der Waals surface area contributed by atoms with E-state index in [0.29, 0.717) is 17.3 Å². The number of fused-ring (bicyclic) bond motifs is 3. The molecule has 6 heterocycles. The fourth-order valence-corrected chi connectivity index (χ4v) is 5.96. The van der Waals surface area contributed by atoms with Gasteiger partial charge in [-0.2, -0.15) is 9.61 Å². The van der Waals surface area contributed by atoms with Gasteiger partial charge in [-0.05, 0) is 38.2 Å². The quantitative estimate of drug-likeness (QED) is 0.406. The number of amides is 1. The molecule has 2 atom stereocenters. The lowest BCUT2D eigenvalue weighted by atomic mass is 9.85. The maximum Gasteiger partial charge on any atom is 0.248 e. The highest BCUT2D eigenvalue weighted by molar-refractivity contribution is 5.79. The van der Waals surface area contributed by atoms with Crippen LogP contribution in [0.4, 0.5) is 5.82 Å². The normalized spacial score (nSPS) is 21.7. The number of imidazole rings is 1. The summed E-state index contributed by atoms with van der Waals surface area (Å²) in [5, 5.41) is 14.0. The summed E-state index contributed by atoms with van der Waals surface area (Å²) in [6.45, 7) is 1.66. The maximum atomic E-state index is 12.3. The van der Waals surface area contributed by atoms with Crippen molar-refractivity contribution in [1.82, 2.24) is 34.4 Å². The highest BCUT2D eigenvalue weighted by Gasteiger charge is 2.44. The molecule has 0 saturated carbocycles. The topological polar surface area (TPSA) is 138 Å². The van der Waals surface area contributed by atoms with Crippen molar-refractivity contribution < 1.29 is 9.90 Å². The van der Waals surface area contributed by atoms with E-state index in [2.05, 4.69) is 27.0 Å². The van der Waals surface area contributed by atoms with E-state index >= 15 is 0 Å². The monoisotopic (exact) mass is 472 g/mol. The van der Waals surface area contributed by atoms with Crippen molar-refractivity contribution in [3.05, 3.63) is 48.2 Å². The second kappa shape index (κ2) is 8.46. The van der Waals surface area contributed by atoms with Crippen molar-refractivity contribution in [3.8, 4) is 22.6 Å². The Balaban J connectivity index is 1.39. The van der Waals surface area contributed by atoms with Gasteiger partial charge in [0.2, 0.25) is 5.91 Å². The fourth-order valence-electron chi connectivity index (χ4n) is 5.96. The zero-order valence-corrected chi connectivity index (χ0v) is 19.6. The van der Waals surface area contributed by atoms with Crippen molar-refractivity contribution in [3.63, 3.8) is 0 Å². The number of hydrogen-bond donors (Lipinski definition) is 3. The summed E-state index contributed by atoms with van der Waals surface area (Å²) >= 11 is 0. The lowest BCUT2D eigenvalue weighted by Gasteiger charge is -2.39. The molecule has 0 spiro atoms. The van der Waals surface area contributed by atoms with E-state index < -0.39 is 6.61 Å². The molecule has 10 heteroatoms. The van der Waals surface area contributed by atoms with Crippen molar-refractivity contribution in [2.45, 2.75) is 57.0 Å². The third-order valence-electron chi connectivity index (χ3n) is 7.53. The Kier molecular flexibility index (Phi) is 5.25. The van der Waals surface area contributed by atoms with Crippen LogP contribution in [-0.2, 0) is 11.2 Å². The Morgan fingerprint density at radius 3 is 2.63 bits per heavy atom. The molecule has 0 aliphatic carbocycles. The first-order chi connectivity index (χ1) is 17.1. The number of aliphatic hydroxyl groups is 1. The van der Waals surface area contributed by atoms with Gasteiger partial charge in [0.15, 0.2) is 11.5 Å². The minimum atomic E-state index is -0.430. The number of anilines is 1. The number of piperidine rings is 1. The summed E-state index contributed by atoms with van der Waals surface area (Å²) in [6.07, 6.45) is 11.4. The molecule has 0 radical (unpaired) electrons. The average Bonchev–Trinajstić information content (AvgIpc) is 3.62. The molecular formula is C25H28N8O2. The van der Waals surface area contributed by atoms with Gasteiger partial charge in [0, 0.05) is 53.3 Å². The standard InChI is InChI=1S/C25H28N8O2/c1-2-18-22(15-9-16-4-5-17(10-15)32(16)21(35)13-34)31-25-19(12-30-33(25)23(18)26)14-3-6-20(29-11-14)24-27-7-8-28-24/h3,6-8,11-12,15-17,34H,2,4-5,9-10,13,26H2,1H3,(H,27,28). The van der Waals surface area contributed by atoms with Crippen molar-refractivity contribution in [2.75, 3.05) is 12.3 Å². The molecule has 2 saturated heterocycles. The van der Waals surface area contributed by atoms with E-state index in [-0.39, 0.29) is 23.9 Å². The predicted molar refractivity (Wildman–Crippen MR) is 130 cm³/mol. The van der Waals surface area contributed by atoms with Crippen LogP contribution in [-0.4, -0.2) is 64.2 Å². The third-order valence-corrected chi connectivity index (χ3v) is 7.53. The fraction of sp³-hybridized carbons (Fsp3) is 0.400. The lowest BCUT2D eigenvalue weighted by Crippen LogP contribution is -2.47. The number of nitrogens with two attached hydrogens (primary N) is 1. The Labute approximate surface area is 202 Å². The number of carbonyl (C=O) groups is 1. The molecule has 2 aliphatic rings. The van der Waals surface area contributed by atoms with Crippen LogP contribution >= 0.6 is 0 Å². The lowest BCUT2D eigenvalue weighted by molar-refractivity contribution is -0.138. The summed E-state index contributed by atoms with van der Waals surface area (Å²) < 4.78 is 1.72. The molecule has 2 fully saturated rings. The van der Waals surface area contributed by atoms with Gasteiger partial charge in [-0.25, -0.2) is 9.97 Å². The molecule has 2 aliphatic heterocycles. The number of pyridine rings is 1. The zero-order valence-electron chi connectivity index (χ0n) is 19.6. The van der Waals surface area contributed by atoms with Crippen LogP contribution in [0.15, 0.2) is 36.9 Å². The van der Waals surface area contributed by atoms with E-state index in [1.165, 1.54) is 0 Å². The molecule has 35 heavy (non-hydrogen) atoms. The molecule has 1 amide bonds. The summed E-state index contributed by atoms with van der Waals surface area (Å²) in [5.41, 5.74) is 11.9. The van der Waals surface area contributed by atoms with Gasteiger partial charge in [0.05, 0.1) is 11.9 Å². The third kappa shape index (κ3) is 3.47. The first kappa shape index (κ1) is 21.7. The van der Waals surface area contributed by atoms with Crippen LogP contribution in [0.3, 0.4) is 0 Å². The van der Waals surface area contributed by atoms with E-state index in [0.717, 1.165) is 60.2 Å². The van der Waals surface area contributed by atoms with Crippen molar-refractivity contribution in [2.24, 2.45) is 0 Å². The SMILES string of the molecule is CCc1c(C2CC3CCC(C2)N3C(=O)CO)nc2c(-c3ccc(-c4ncc[nH]4)nc3)cnn2c1N. The van der Waals surface area contributed by atoms with E-state index in [1.54, 1.807) is 29.3 Å². The van der Waals surface area contributed by atoms with Crippen LogP contribution in [0.25, 0.3) is 28.3 Å². The molecule has 2 unspecified atom stereocenters. The zero-order chi connectivity index (χ0) is 24.1. The number of nitrogens with zero attached hydrogens (tertiary/aromatic N) is 6. The van der Waals surface area contributed by atoms with Crippen molar-refractivity contribution >= 4 is 17.4 Å². The van der Waals surface area contributed by atoms with E-state index in [9.17, 15) is 9.90 Å². The van der Waals surface area contributed by atoms with Gasteiger partial charge in [-0.3, -0.25) is 9.78 Å². The highest BCUT2D eigenvalue weighted by atomic mass is 16.3. The second-order valence-electron chi connectivity index (χ2n) is 9.39. The number of rotatable bonds is 5. The number of carbonyl (C=O) groups excluding carboxylic acids is 1. The van der Waals surface area contributed by atoms with Gasteiger partial charge >= 0.3 is 0 Å². The average molecular weight is 473 g/mol. The predicted octanol–water partition coefficient (Wildman–Crippen LogP) is 2.56. The minimum absolute atomic E-state index is 0.144. The Hall–Kier alpha value is -3.79. The first-order valence-electron chi connectivity index (χ1n) is 12.1. The number of aliphatic hydroxyl groups excluding tert-OH is 1. The molecule has 6 rings (SSSR count). The Bertz CT molecular complexity index is 1360. The number of hydrogen-bond acceptors (Lipinski definition) is 7. The summed E-state index contributed by atoms with van der Waals surface area (Å²) in [7, 11) is 0. The Morgan fingerprint density at radius 2 is 2.00 bits per heavy atom. The van der Waals surface area contributed by atoms with Gasteiger partial charge in [0.25, 0.3) is 0 Å². The number of nitrogens with one attached hydrogen (secondary N) is 1. The first-order valence-corrected chi connectivity index (χ1v) is 12.1. The summed E-state index contributed by atoms with van der Waals surface area (Å²) in [4.78, 5) is 31.3. The largest absolute Gasteiger partial charge is 0.387 e. The van der Waals surface area contributed by atoms with Crippen LogP contribution in [0.2, 0.25) is 0 Å². The van der Waals surface area contributed by atoms with E-state index in [4.69, 9.17) is 10.7 Å². The van der Waals surface area contributed by atoms with Crippen molar-refractivity contribution in [1.29, 1.82) is 0 Å². The number of H-pyrrole nitrogens is 1.